The van der Waals surface area contributed by atoms with E-state index in [0.29, 0.717) is 0 Å². The molecule has 0 saturated heterocycles. The molecule has 1 rings (SSSR count). The molecule has 0 atom stereocenters. The van der Waals surface area contributed by atoms with Gasteiger partial charge in [-0.3, -0.25) is 0 Å². The van der Waals surface area contributed by atoms with Crippen molar-refractivity contribution in [3.8, 4) is 0 Å². The normalized spacial score (nSPS) is 28.4. The molecule has 1 saturated carbocycles. The van der Waals surface area contributed by atoms with Crippen LogP contribution in [0.15, 0.2) is 12.2 Å². The summed E-state index contributed by atoms with van der Waals surface area (Å²) in [7, 11) is 1.82. The molecule has 0 bridgehead atoms. The number of rotatable bonds is 5. The Hall–Kier alpha value is -0.300. The monoisotopic (exact) mass is 196 g/mol. The number of hydrogen-bond donors (Lipinski definition) is 0. The van der Waals surface area contributed by atoms with Gasteiger partial charge in [0.1, 0.15) is 0 Å². The third-order valence-electron chi connectivity index (χ3n) is 3.35. The van der Waals surface area contributed by atoms with Crippen molar-refractivity contribution in [2.24, 2.45) is 11.8 Å². The van der Waals surface area contributed by atoms with Crippen LogP contribution in [0, 0.1) is 11.8 Å². The highest BCUT2D eigenvalue weighted by atomic mass is 16.5. The summed E-state index contributed by atoms with van der Waals surface area (Å²) >= 11 is 0. The first kappa shape index (κ1) is 11.8. The van der Waals surface area contributed by atoms with Crippen molar-refractivity contribution in [3.05, 3.63) is 12.2 Å². The van der Waals surface area contributed by atoms with Gasteiger partial charge in [-0.15, -0.1) is 0 Å². The summed E-state index contributed by atoms with van der Waals surface area (Å²) in [5.74, 6) is 1.83. The van der Waals surface area contributed by atoms with E-state index in [4.69, 9.17) is 4.74 Å². The van der Waals surface area contributed by atoms with Crippen LogP contribution in [0.1, 0.15) is 45.4 Å². The van der Waals surface area contributed by atoms with E-state index < -0.39 is 0 Å². The van der Waals surface area contributed by atoms with Crippen LogP contribution < -0.4 is 0 Å². The van der Waals surface area contributed by atoms with Gasteiger partial charge in [-0.1, -0.05) is 25.0 Å². The Labute approximate surface area is 88.5 Å². The van der Waals surface area contributed by atoms with Crippen LogP contribution in [0.5, 0.6) is 0 Å². The van der Waals surface area contributed by atoms with Gasteiger partial charge in [0.05, 0.1) is 0 Å². The molecule has 1 nitrogen and oxygen atoms in total. The predicted molar refractivity (Wildman–Crippen MR) is 61.4 cm³/mol. The average molecular weight is 196 g/mol. The Kier molecular flexibility index (Phi) is 5.93. The van der Waals surface area contributed by atoms with Crippen molar-refractivity contribution < 1.29 is 4.74 Å². The van der Waals surface area contributed by atoms with Crippen LogP contribution in [-0.2, 0) is 4.74 Å². The van der Waals surface area contributed by atoms with Gasteiger partial charge in [0.2, 0.25) is 0 Å². The standard InChI is InChI=1S/C13H24O/c1-3-4-5-6-12-7-9-13(10-8-12)11-14-2/h3-4,12-13H,5-11H2,1-2H3. The van der Waals surface area contributed by atoms with Gasteiger partial charge in [0.25, 0.3) is 0 Å². The molecule has 0 amide bonds. The highest BCUT2D eigenvalue weighted by Gasteiger charge is 2.20. The second-order valence-corrected chi connectivity index (χ2v) is 4.49. The van der Waals surface area contributed by atoms with E-state index in [1.54, 1.807) is 0 Å². The zero-order valence-electron chi connectivity index (χ0n) is 9.67. The molecule has 0 N–H and O–H groups in total. The lowest BCUT2D eigenvalue weighted by Gasteiger charge is -2.27. The third-order valence-corrected chi connectivity index (χ3v) is 3.35. The van der Waals surface area contributed by atoms with Crippen LogP contribution in [0.25, 0.3) is 0 Å². The lowest BCUT2D eigenvalue weighted by molar-refractivity contribution is 0.118. The van der Waals surface area contributed by atoms with E-state index in [0.717, 1.165) is 18.4 Å². The SMILES string of the molecule is CC=CCCC1CCC(COC)CC1. The molecule has 1 heteroatoms. The van der Waals surface area contributed by atoms with Gasteiger partial charge in [-0.05, 0) is 44.4 Å². The summed E-state index contributed by atoms with van der Waals surface area (Å²) in [5, 5.41) is 0. The lowest BCUT2D eigenvalue weighted by atomic mass is 9.80. The van der Waals surface area contributed by atoms with Gasteiger partial charge >= 0.3 is 0 Å². The predicted octanol–water partition coefficient (Wildman–Crippen LogP) is 3.80. The third kappa shape index (κ3) is 4.28. The summed E-state index contributed by atoms with van der Waals surface area (Å²) in [6.07, 6.45) is 12.7. The van der Waals surface area contributed by atoms with Gasteiger partial charge in [-0.25, -0.2) is 0 Å². The summed E-state index contributed by atoms with van der Waals surface area (Å²) in [6.45, 7) is 3.08. The van der Waals surface area contributed by atoms with E-state index in [2.05, 4.69) is 19.1 Å². The van der Waals surface area contributed by atoms with Crippen LogP contribution >= 0.6 is 0 Å². The second-order valence-electron chi connectivity index (χ2n) is 4.49. The highest BCUT2D eigenvalue weighted by molar-refractivity contribution is 4.80. The molecule has 0 aliphatic heterocycles. The minimum atomic E-state index is 0.845. The number of allylic oxidation sites excluding steroid dienone is 2. The van der Waals surface area contributed by atoms with E-state index >= 15 is 0 Å². The molecule has 0 aromatic rings. The second kappa shape index (κ2) is 7.05. The first-order chi connectivity index (χ1) is 6.86. The average Bonchev–Trinajstić information content (AvgIpc) is 2.21. The first-order valence-electron chi connectivity index (χ1n) is 5.97. The summed E-state index contributed by atoms with van der Waals surface area (Å²) < 4.78 is 5.20. The Morgan fingerprint density at radius 1 is 1.14 bits per heavy atom. The lowest BCUT2D eigenvalue weighted by Crippen LogP contribution is -2.17. The van der Waals surface area contributed by atoms with Crippen LogP contribution in [0.2, 0.25) is 0 Å². The van der Waals surface area contributed by atoms with E-state index in [9.17, 15) is 0 Å². The zero-order valence-corrected chi connectivity index (χ0v) is 9.67. The molecule has 0 aromatic carbocycles. The molecule has 14 heavy (non-hydrogen) atoms. The fourth-order valence-corrected chi connectivity index (χ4v) is 2.42. The largest absolute Gasteiger partial charge is 0.384 e. The maximum Gasteiger partial charge on any atom is 0.0490 e. The first-order valence-corrected chi connectivity index (χ1v) is 5.97. The topological polar surface area (TPSA) is 9.23 Å². The van der Waals surface area contributed by atoms with Crippen LogP contribution in [0.3, 0.4) is 0 Å². The highest BCUT2D eigenvalue weighted by Crippen LogP contribution is 2.31. The molecule has 0 aromatic heterocycles. The van der Waals surface area contributed by atoms with Crippen LogP contribution in [0.4, 0.5) is 0 Å². The number of hydrogen-bond acceptors (Lipinski definition) is 1. The molecule has 0 spiro atoms. The van der Waals surface area contributed by atoms with Gasteiger partial charge in [-0.2, -0.15) is 0 Å². The van der Waals surface area contributed by atoms with E-state index in [-0.39, 0.29) is 0 Å². The van der Waals surface area contributed by atoms with Crippen molar-refractivity contribution in [2.75, 3.05) is 13.7 Å². The zero-order chi connectivity index (χ0) is 10.2. The quantitative estimate of drug-likeness (QED) is 0.608. The maximum atomic E-state index is 5.20. The molecule has 1 fully saturated rings. The molecule has 0 heterocycles. The summed E-state index contributed by atoms with van der Waals surface area (Å²) in [6, 6.07) is 0. The van der Waals surface area contributed by atoms with Crippen molar-refractivity contribution in [3.63, 3.8) is 0 Å². The summed E-state index contributed by atoms with van der Waals surface area (Å²) in [4.78, 5) is 0. The van der Waals surface area contributed by atoms with E-state index in [1.807, 2.05) is 7.11 Å². The van der Waals surface area contributed by atoms with Gasteiger partial charge in [0.15, 0.2) is 0 Å². The Bertz CT molecular complexity index is 155. The summed E-state index contributed by atoms with van der Waals surface area (Å²) in [5.41, 5.74) is 0. The Morgan fingerprint density at radius 3 is 2.36 bits per heavy atom. The minimum Gasteiger partial charge on any atom is -0.384 e. The Morgan fingerprint density at radius 2 is 1.79 bits per heavy atom. The van der Waals surface area contributed by atoms with Crippen molar-refractivity contribution in [1.29, 1.82) is 0 Å². The van der Waals surface area contributed by atoms with Gasteiger partial charge in [0, 0.05) is 13.7 Å². The fourth-order valence-electron chi connectivity index (χ4n) is 2.42. The Balaban J connectivity index is 2.09. The van der Waals surface area contributed by atoms with Crippen molar-refractivity contribution in [1.82, 2.24) is 0 Å². The smallest absolute Gasteiger partial charge is 0.0490 e. The molecule has 1 aliphatic carbocycles. The fraction of sp³-hybridized carbons (Fsp3) is 0.846. The van der Waals surface area contributed by atoms with Crippen molar-refractivity contribution in [2.45, 2.75) is 45.4 Å². The number of ether oxygens (including phenoxy) is 1. The van der Waals surface area contributed by atoms with Crippen LogP contribution in [-0.4, -0.2) is 13.7 Å². The number of methoxy groups -OCH3 is 1. The molecule has 0 unspecified atom stereocenters. The molecular formula is C13H24O. The van der Waals surface area contributed by atoms with Gasteiger partial charge < -0.3 is 4.74 Å². The molecule has 0 radical (unpaired) electrons. The molecular weight excluding hydrogens is 172 g/mol. The maximum absolute atomic E-state index is 5.20. The van der Waals surface area contributed by atoms with Crippen molar-refractivity contribution >= 4 is 0 Å². The van der Waals surface area contributed by atoms with E-state index in [1.165, 1.54) is 38.5 Å². The minimum absolute atomic E-state index is 0.845. The molecule has 82 valence electrons. The molecule has 1 aliphatic rings.